The lowest BCUT2D eigenvalue weighted by Crippen LogP contribution is -2.50. The van der Waals surface area contributed by atoms with E-state index < -0.39 is 11.6 Å². The number of amides is 1. The average Bonchev–Trinajstić information content (AvgIpc) is 2.39. The average molecular weight is 274 g/mol. The molecule has 0 saturated carbocycles. The van der Waals surface area contributed by atoms with E-state index in [9.17, 15) is 9.90 Å². The summed E-state index contributed by atoms with van der Waals surface area (Å²) in [5.74, 6) is -0.219. The molecule has 0 unspecified atom stereocenters. The lowest BCUT2D eigenvalue weighted by Gasteiger charge is -2.33. The monoisotopic (exact) mass is 274 g/mol. The molecule has 0 aliphatic rings. The molecule has 20 heavy (non-hydrogen) atoms. The second-order valence-corrected chi connectivity index (χ2v) is 4.97. The van der Waals surface area contributed by atoms with Gasteiger partial charge >= 0.3 is 0 Å². The number of nitrogens with one attached hydrogen (secondary N) is 1. The van der Waals surface area contributed by atoms with Gasteiger partial charge in [0.15, 0.2) is 0 Å². The molecular formula is C16H22N2O2. The minimum absolute atomic E-state index is 0.219. The van der Waals surface area contributed by atoms with Gasteiger partial charge in [-0.05, 0) is 38.3 Å². The first-order valence-corrected chi connectivity index (χ1v) is 6.60. The van der Waals surface area contributed by atoms with Crippen molar-refractivity contribution >= 4 is 5.91 Å². The van der Waals surface area contributed by atoms with E-state index >= 15 is 0 Å². The molecule has 1 heterocycles. The van der Waals surface area contributed by atoms with E-state index in [-0.39, 0.29) is 5.91 Å². The van der Waals surface area contributed by atoms with Crippen LogP contribution in [0.1, 0.15) is 35.7 Å². The summed E-state index contributed by atoms with van der Waals surface area (Å²) >= 11 is 0. The maximum Gasteiger partial charge on any atom is 0.251 e. The predicted molar refractivity (Wildman–Crippen MR) is 80.5 cm³/mol. The fourth-order valence-corrected chi connectivity index (χ4v) is 2.07. The number of carbonyl (C=O) groups is 1. The number of rotatable bonds is 7. The largest absolute Gasteiger partial charge is 0.387 e. The van der Waals surface area contributed by atoms with Gasteiger partial charge in [0.1, 0.15) is 0 Å². The van der Waals surface area contributed by atoms with Crippen LogP contribution in [0.3, 0.4) is 0 Å². The fourth-order valence-electron chi connectivity index (χ4n) is 2.07. The summed E-state index contributed by atoms with van der Waals surface area (Å²) in [6.45, 7) is 10.9. The molecular weight excluding hydrogens is 252 g/mol. The van der Waals surface area contributed by atoms with Gasteiger partial charge in [0, 0.05) is 18.0 Å². The van der Waals surface area contributed by atoms with E-state index in [1.54, 1.807) is 37.5 Å². The number of pyridine rings is 1. The second-order valence-electron chi connectivity index (χ2n) is 4.97. The molecule has 1 aromatic rings. The van der Waals surface area contributed by atoms with Gasteiger partial charge in [0.05, 0.1) is 11.6 Å². The Morgan fingerprint density at radius 1 is 1.50 bits per heavy atom. The van der Waals surface area contributed by atoms with Crippen molar-refractivity contribution in [3.05, 3.63) is 54.9 Å². The molecule has 0 aromatic carbocycles. The van der Waals surface area contributed by atoms with Crippen LogP contribution in [0.2, 0.25) is 0 Å². The Kier molecular flexibility index (Phi) is 5.65. The van der Waals surface area contributed by atoms with Gasteiger partial charge in [-0.1, -0.05) is 12.2 Å². The highest BCUT2D eigenvalue weighted by molar-refractivity contribution is 5.95. The molecule has 4 nitrogen and oxygen atoms in total. The van der Waals surface area contributed by atoms with Crippen LogP contribution in [0.5, 0.6) is 0 Å². The first-order chi connectivity index (χ1) is 9.44. The predicted octanol–water partition coefficient (Wildman–Crippen LogP) is 2.39. The van der Waals surface area contributed by atoms with Crippen molar-refractivity contribution in [3.8, 4) is 0 Å². The molecule has 1 atom stereocenters. The van der Waals surface area contributed by atoms with Gasteiger partial charge in [-0.25, -0.2) is 0 Å². The van der Waals surface area contributed by atoms with Gasteiger partial charge in [-0.3, -0.25) is 9.78 Å². The van der Waals surface area contributed by atoms with Crippen molar-refractivity contribution in [2.24, 2.45) is 0 Å². The number of carbonyl (C=O) groups excluding carboxylic acids is 1. The van der Waals surface area contributed by atoms with Gasteiger partial charge < -0.3 is 10.4 Å². The molecule has 0 aliphatic carbocycles. The highest BCUT2D eigenvalue weighted by Crippen LogP contribution is 2.21. The zero-order valence-electron chi connectivity index (χ0n) is 12.1. The summed E-state index contributed by atoms with van der Waals surface area (Å²) in [5, 5.41) is 13.4. The maximum absolute atomic E-state index is 12.2. The van der Waals surface area contributed by atoms with Crippen LogP contribution in [-0.4, -0.2) is 27.6 Å². The molecule has 1 amide bonds. The Balaban J connectivity index is 2.85. The minimum Gasteiger partial charge on any atom is -0.387 e. The molecule has 0 spiro atoms. The van der Waals surface area contributed by atoms with E-state index in [2.05, 4.69) is 23.5 Å². The molecule has 0 radical (unpaired) electrons. The molecule has 0 fully saturated rings. The van der Waals surface area contributed by atoms with Crippen LogP contribution in [-0.2, 0) is 0 Å². The van der Waals surface area contributed by atoms with Crippen LogP contribution in [0.4, 0.5) is 0 Å². The number of aromatic nitrogens is 1. The third-order valence-corrected chi connectivity index (χ3v) is 3.41. The normalized spacial score (nSPS) is 12.6. The van der Waals surface area contributed by atoms with Crippen molar-refractivity contribution in [3.63, 3.8) is 0 Å². The number of nitrogens with zero attached hydrogens (tertiary/aromatic N) is 1. The van der Waals surface area contributed by atoms with Crippen molar-refractivity contribution in [2.75, 3.05) is 0 Å². The Hall–Kier alpha value is -1.94. The second kappa shape index (κ2) is 7.01. The third kappa shape index (κ3) is 3.78. The molecule has 1 rings (SSSR count). The van der Waals surface area contributed by atoms with E-state index in [1.807, 2.05) is 6.92 Å². The van der Waals surface area contributed by atoms with Crippen molar-refractivity contribution in [1.29, 1.82) is 0 Å². The quantitative estimate of drug-likeness (QED) is 0.750. The van der Waals surface area contributed by atoms with E-state index in [0.29, 0.717) is 18.4 Å². The summed E-state index contributed by atoms with van der Waals surface area (Å²) in [7, 11) is 0. The summed E-state index contributed by atoms with van der Waals surface area (Å²) < 4.78 is 0. The number of hydrogen-bond acceptors (Lipinski definition) is 3. The molecule has 0 aliphatic heterocycles. The van der Waals surface area contributed by atoms with Gasteiger partial charge in [-0.2, -0.15) is 0 Å². The van der Waals surface area contributed by atoms with Crippen LogP contribution in [0.15, 0.2) is 43.8 Å². The fraction of sp³-hybridized carbons (Fsp3) is 0.375. The lowest BCUT2D eigenvalue weighted by atomic mass is 9.88. The van der Waals surface area contributed by atoms with Crippen molar-refractivity contribution in [1.82, 2.24) is 10.3 Å². The molecule has 2 N–H and O–H groups in total. The molecule has 4 heteroatoms. The number of aliphatic hydroxyl groups is 1. The van der Waals surface area contributed by atoms with Crippen LogP contribution in [0, 0.1) is 6.92 Å². The molecule has 1 aromatic heterocycles. The Labute approximate surface area is 120 Å². The van der Waals surface area contributed by atoms with Crippen molar-refractivity contribution < 1.29 is 9.90 Å². The summed E-state index contributed by atoms with van der Waals surface area (Å²) in [6, 6.07) is 1.25. The van der Waals surface area contributed by atoms with Gasteiger partial charge in [0.25, 0.3) is 5.91 Å². The topological polar surface area (TPSA) is 62.2 Å². The highest BCUT2D eigenvalue weighted by atomic mass is 16.3. The van der Waals surface area contributed by atoms with E-state index in [4.69, 9.17) is 0 Å². The SMILES string of the molecule is C=CCC(O)(CC=C)[C@H](C)NC(=O)c1ccncc1C. The minimum atomic E-state index is -1.07. The molecule has 0 bridgehead atoms. The van der Waals surface area contributed by atoms with Gasteiger partial charge in [-0.15, -0.1) is 13.2 Å². The summed E-state index contributed by atoms with van der Waals surface area (Å²) in [4.78, 5) is 16.2. The first kappa shape index (κ1) is 16.1. The lowest BCUT2D eigenvalue weighted by molar-refractivity contribution is 0.0127. The van der Waals surface area contributed by atoms with E-state index in [1.165, 1.54) is 0 Å². The highest BCUT2D eigenvalue weighted by Gasteiger charge is 2.32. The van der Waals surface area contributed by atoms with Crippen molar-refractivity contribution in [2.45, 2.75) is 38.3 Å². The third-order valence-electron chi connectivity index (χ3n) is 3.41. The van der Waals surface area contributed by atoms with Crippen LogP contribution in [0.25, 0.3) is 0 Å². The summed E-state index contributed by atoms with van der Waals surface area (Å²) in [5.41, 5.74) is 0.291. The number of aryl methyl sites for hydroxylation is 1. The Morgan fingerprint density at radius 3 is 2.60 bits per heavy atom. The smallest absolute Gasteiger partial charge is 0.251 e. The van der Waals surface area contributed by atoms with Crippen LogP contribution >= 0.6 is 0 Å². The Bertz CT molecular complexity index is 487. The van der Waals surface area contributed by atoms with Crippen LogP contribution < -0.4 is 5.32 Å². The summed E-state index contributed by atoms with van der Waals surface area (Å²) in [6.07, 6.45) is 7.27. The Morgan fingerprint density at radius 2 is 2.10 bits per heavy atom. The van der Waals surface area contributed by atoms with E-state index in [0.717, 1.165) is 5.56 Å². The molecule has 108 valence electrons. The zero-order valence-corrected chi connectivity index (χ0v) is 12.1. The molecule has 0 saturated heterocycles. The van der Waals surface area contributed by atoms with Gasteiger partial charge in [0.2, 0.25) is 0 Å². The first-order valence-electron chi connectivity index (χ1n) is 6.60. The number of hydrogen-bond donors (Lipinski definition) is 2. The maximum atomic E-state index is 12.2. The zero-order chi connectivity index (χ0) is 15.2. The standard InChI is InChI=1S/C16H22N2O2/c1-5-8-16(20,9-6-2)13(4)18-15(19)14-7-10-17-11-12(14)3/h5-7,10-11,13,20H,1-2,8-9H2,3-4H3,(H,18,19)/t13-/m0/s1.